The molecule has 6 aliphatic rings. The molecule has 4 fully saturated rings. The zero-order valence-electron chi connectivity index (χ0n) is 35.0. The summed E-state index contributed by atoms with van der Waals surface area (Å²) in [6, 6.07) is 14.1. The number of amides is 2. The van der Waals surface area contributed by atoms with Gasteiger partial charge < -0.3 is 29.9 Å². The predicted molar refractivity (Wildman–Crippen MR) is 228 cm³/mol. The Morgan fingerprint density at radius 2 is 1.69 bits per heavy atom. The number of benzene rings is 2. The summed E-state index contributed by atoms with van der Waals surface area (Å²) in [5.41, 5.74) is 5.26. The van der Waals surface area contributed by atoms with Gasteiger partial charge in [0, 0.05) is 97.6 Å². The summed E-state index contributed by atoms with van der Waals surface area (Å²) in [4.78, 5) is 49.5. The van der Waals surface area contributed by atoms with Gasteiger partial charge in [-0.05, 0) is 126 Å². The summed E-state index contributed by atoms with van der Waals surface area (Å²) < 4.78 is 26.7. The van der Waals surface area contributed by atoms with Crippen LogP contribution in [0.5, 0.6) is 0 Å². The van der Waals surface area contributed by atoms with Crippen LogP contribution in [-0.2, 0) is 20.7 Å². The van der Waals surface area contributed by atoms with Crippen LogP contribution in [0.4, 0.5) is 10.1 Å². The summed E-state index contributed by atoms with van der Waals surface area (Å²) in [5, 5.41) is 6.76. The van der Waals surface area contributed by atoms with Crippen molar-refractivity contribution in [3.8, 4) is 10.4 Å². The second-order valence-corrected chi connectivity index (χ2v) is 20.1. The highest BCUT2D eigenvalue weighted by molar-refractivity contribution is 7.17. The molecule has 9 rings (SSSR count). The summed E-state index contributed by atoms with van der Waals surface area (Å²) >= 11 is 1.39. The lowest BCUT2D eigenvalue weighted by Crippen LogP contribution is -2.65. The monoisotopic (exact) mass is 821 g/mol. The maximum Gasteiger partial charge on any atom is 0.261 e. The second kappa shape index (κ2) is 15.1. The number of nitrogens with one attached hydrogen (secondary N) is 2. The number of hydrogen-bond acceptors (Lipinski definition) is 9. The second-order valence-electron chi connectivity index (χ2n) is 19.1. The molecular weight excluding hydrogens is 766 g/mol. The number of ketones is 1. The lowest BCUT2D eigenvalue weighted by Gasteiger charge is -2.57. The molecule has 3 aromatic rings. The molecule has 2 aromatic carbocycles. The van der Waals surface area contributed by atoms with Gasteiger partial charge in [0.25, 0.3) is 11.8 Å². The fourth-order valence-electron chi connectivity index (χ4n) is 10.6. The van der Waals surface area contributed by atoms with Gasteiger partial charge in [-0.1, -0.05) is 12.1 Å². The van der Waals surface area contributed by atoms with Crippen LogP contribution in [0.15, 0.2) is 72.0 Å². The number of fused-ring (bicyclic) bond motifs is 3. The summed E-state index contributed by atoms with van der Waals surface area (Å²) in [6.45, 7) is 14.2. The molecule has 3 unspecified atom stereocenters. The molecular formula is C47H56FN5O5S. The molecule has 4 saturated heterocycles. The lowest BCUT2D eigenvalue weighted by atomic mass is 9.72. The van der Waals surface area contributed by atoms with Gasteiger partial charge in [-0.2, -0.15) is 0 Å². The van der Waals surface area contributed by atoms with Gasteiger partial charge in [0.2, 0.25) is 0 Å². The van der Waals surface area contributed by atoms with E-state index in [-0.39, 0.29) is 53.1 Å². The van der Waals surface area contributed by atoms with Crippen molar-refractivity contribution in [3.63, 3.8) is 0 Å². The lowest BCUT2D eigenvalue weighted by molar-refractivity contribution is -0.162. The molecule has 0 saturated carbocycles. The van der Waals surface area contributed by atoms with Crippen molar-refractivity contribution in [1.82, 2.24) is 20.4 Å². The topological polar surface area (TPSA) is 113 Å². The minimum absolute atomic E-state index is 0.0159. The molecule has 312 valence electrons. The Balaban J connectivity index is 0.858. The van der Waals surface area contributed by atoms with Crippen molar-refractivity contribution in [2.45, 2.75) is 109 Å². The van der Waals surface area contributed by atoms with E-state index in [0.717, 1.165) is 84.7 Å². The summed E-state index contributed by atoms with van der Waals surface area (Å²) in [7, 11) is 2.07. The van der Waals surface area contributed by atoms with E-state index >= 15 is 0 Å². The highest BCUT2D eigenvalue weighted by Gasteiger charge is 2.49. The van der Waals surface area contributed by atoms with E-state index in [4.69, 9.17) is 9.47 Å². The Bertz CT molecular complexity index is 2220. The molecule has 2 amide bonds. The van der Waals surface area contributed by atoms with Crippen LogP contribution in [-0.4, -0.2) is 96.7 Å². The number of likely N-dealkylation sites (N-methyl/N-ethyl adjacent to an activating group) is 1. The van der Waals surface area contributed by atoms with Gasteiger partial charge in [0.15, 0.2) is 5.78 Å². The molecule has 1 aromatic heterocycles. The summed E-state index contributed by atoms with van der Waals surface area (Å²) in [5.74, 6) is -0.607. The van der Waals surface area contributed by atoms with E-state index in [1.165, 1.54) is 23.5 Å². The first-order valence-electron chi connectivity index (χ1n) is 21.1. The number of allylic oxidation sites excluding steroid dienone is 2. The van der Waals surface area contributed by atoms with Crippen molar-refractivity contribution >= 4 is 34.6 Å². The molecule has 1 spiro atoms. The zero-order chi connectivity index (χ0) is 41.4. The van der Waals surface area contributed by atoms with E-state index < -0.39 is 5.82 Å². The number of carbonyl (C=O) groups excluding carboxylic acids is 3. The van der Waals surface area contributed by atoms with E-state index in [1.54, 1.807) is 11.0 Å². The van der Waals surface area contributed by atoms with Gasteiger partial charge >= 0.3 is 0 Å². The maximum absolute atomic E-state index is 14.9. The van der Waals surface area contributed by atoms with Gasteiger partial charge in [-0.15, -0.1) is 11.3 Å². The molecule has 59 heavy (non-hydrogen) atoms. The Labute approximate surface area is 350 Å². The zero-order valence-corrected chi connectivity index (χ0v) is 35.8. The molecule has 2 N–H and O–H groups in total. The number of thiophene rings is 1. The smallest absolute Gasteiger partial charge is 0.261 e. The number of hydrogen-bond donors (Lipinski definition) is 2. The van der Waals surface area contributed by atoms with Crippen LogP contribution in [0.25, 0.3) is 10.4 Å². The Kier molecular flexibility index (Phi) is 10.3. The van der Waals surface area contributed by atoms with Gasteiger partial charge in [-0.3, -0.25) is 19.3 Å². The normalized spacial score (nSPS) is 25.8. The number of nitrogens with zero attached hydrogens (tertiary/aromatic N) is 3. The molecule has 0 aliphatic carbocycles. The number of likely N-dealkylation sites (tertiary alicyclic amines) is 1. The Hall–Kier alpha value is -4.20. The molecule has 12 heteroatoms. The van der Waals surface area contributed by atoms with Crippen LogP contribution in [0.1, 0.15) is 104 Å². The number of anilines is 1. The first-order chi connectivity index (χ1) is 28.1. The largest absolute Gasteiger partial charge is 0.381 e. The van der Waals surface area contributed by atoms with Crippen molar-refractivity contribution in [1.29, 1.82) is 0 Å². The highest BCUT2D eigenvalue weighted by Crippen LogP contribution is 2.45. The number of rotatable bonds is 8. The van der Waals surface area contributed by atoms with E-state index in [1.807, 2.05) is 37.3 Å². The standard InChI is InChI=1S/C47H56FN5O5S/c1-28-19-35(43(51(6)25-28)52-26-47(27-52)14-17-57-18-15-47)38(54)22-36-40(50-36)29-7-9-30(10-8-29)44(56)53-16-13-31-20-39(59-41(31)34-12-11-32(48)21-37(34)53)42(55)49-33-23-45(2,3)58-46(4,5)24-33/h7-12,19-21,25,33,36,40,43,50H,13-18,22-24,26-27H2,1-6H3,(H,49,55). The fourth-order valence-corrected chi connectivity index (χ4v) is 11.8. The van der Waals surface area contributed by atoms with Crippen molar-refractivity contribution in [3.05, 3.63) is 99.3 Å². The van der Waals surface area contributed by atoms with Crippen LogP contribution >= 0.6 is 11.3 Å². The average Bonchev–Trinajstić information content (AvgIpc) is 3.83. The molecule has 0 radical (unpaired) electrons. The third kappa shape index (κ3) is 8.06. The highest BCUT2D eigenvalue weighted by atomic mass is 32.1. The average molecular weight is 822 g/mol. The van der Waals surface area contributed by atoms with Crippen molar-refractivity contribution in [2.24, 2.45) is 5.41 Å². The van der Waals surface area contributed by atoms with Crippen molar-refractivity contribution < 1.29 is 28.2 Å². The molecule has 7 heterocycles. The number of halogens is 1. The minimum atomic E-state index is -0.429. The number of Topliss-reactive ketones (excluding diaryl/α,β-unsaturated/α-hetero) is 1. The molecule has 0 bridgehead atoms. The van der Waals surface area contributed by atoms with Crippen LogP contribution < -0.4 is 15.5 Å². The van der Waals surface area contributed by atoms with E-state index in [9.17, 15) is 18.8 Å². The SMILES string of the molecule is CC1=CN(C)C(N2CC3(CCOCC3)C2)C(C(=O)CC2NC2c2ccc(C(=O)N3CCc4cc(C(=O)NC5CC(C)(C)OC(C)(C)C5)sc4-c4ccc(F)cc43)cc2)=C1. The Morgan fingerprint density at radius 1 is 0.983 bits per heavy atom. The number of ether oxygens (including phenoxy) is 2. The molecule has 6 aliphatic heterocycles. The Morgan fingerprint density at radius 3 is 2.41 bits per heavy atom. The third-order valence-electron chi connectivity index (χ3n) is 13.1. The van der Waals surface area contributed by atoms with Crippen LogP contribution in [0.2, 0.25) is 0 Å². The number of carbonyl (C=O) groups is 3. The predicted octanol–water partition coefficient (Wildman–Crippen LogP) is 7.41. The quantitative estimate of drug-likeness (QED) is 0.226. The first-order valence-corrected chi connectivity index (χ1v) is 22.0. The van der Waals surface area contributed by atoms with Gasteiger partial charge in [0.05, 0.1) is 21.8 Å². The first kappa shape index (κ1) is 40.2. The van der Waals surface area contributed by atoms with Crippen LogP contribution in [0.3, 0.4) is 0 Å². The molecule has 10 nitrogen and oxygen atoms in total. The van der Waals surface area contributed by atoms with E-state index in [0.29, 0.717) is 40.9 Å². The third-order valence-corrected chi connectivity index (χ3v) is 14.3. The maximum atomic E-state index is 14.9. The van der Waals surface area contributed by atoms with Crippen molar-refractivity contribution in [2.75, 3.05) is 44.8 Å². The fraction of sp³-hybridized carbons (Fsp3) is 0.511. The van der Waals surface area contributed by atoms with Gasteiger partial charge in [-0.25, -0.2) is 4.39 Å². The molecule has 3 atom stereocenters. The van der Waals surface area contributed by atoms with E-state index in [2.05, 4.69) is 67.5 Å². The minimum Gasteiger partial charge on any atom is -0.381 e. The van der Waals surface area contributed by atoms with Crippen LogP contribution in [0, 0.1) is 11.2 Å². The van der Waals surface area contributed by atoms with Gasteiger partial charge in [0.1, 0.15) is 12.0 Å². The summed E-state index contributed by atoms with van der Waals surface area (Å²) in [6.07, 6.45) is 8.65.